The number of H-pyrrole nitrogens is 2. The van der Waals surface area contributed by atoms with Gasteiger partial charge in [-0.3, -0.25) is 4.98 Å². The lowest BCUT2D eigenvalue weighted by Crippen LogP contribution is -2.14. The Hall–Kier alpha value is -3.00. The van der Waals surface area contributed by atoms with Gasteiger partial charge in [-0.25, -0.2) is 19.9 Å². The molecule has 2 heterocycles. The molecule has 0 saturated carbocycles. The molecule has 0 fully saturated rings. The number of ether oxygens (including phenoxy) is 1. The lowest BCUT2D eigenvalue weighted by Gasteiger charge is -2.05. The quantitative estimate of drug-likeness (QED) is 0.623. The first-order valence-electron chi connectivity index (χ1n) is 7.04. The molecule has 0 atom stereocenters. The Morgan fingerprint density at radius 2 is 1.87 bits per heavy atom. The molecule has 8 nitrogen and oxygen atoms in total. The number of methoxy groups -OCH3 is 1. The molecule has 3 N–H and O–H groups in total. The molecule has 23 heavy (non-hydrogen) atoms. The van der Waals surface area contributed by atoms with Crippen LogP contribution in [0.4, 0.5) is 0 Å². The fourth-order valence-electron chi connectivity index (χ4n) is 2.05. The summed E-state index contributed by atoms with van der Waals surface area (Å²) in [6.45, 7) is 1.04. The average molecular weight is 312 g/mol. The molecule has 0 radical (unpaired) electrons. The van der Waals surface area contributed by atoms with Crippen LogP contribution in [-0.2, 0) is 13.1 Å². The van der Waals surface area contributed by atoms with Crippen molar-refractivity contribution in [3.05, 3.63) is 58.5 Å². The molecule has 3 rings (SSSR count). The van der Waals surface area contributed by atoms with Crippen LogP contribution in [0.5, 0.6) is 5.75 Å². The molecular weight excluding hydrogens is 296 g/mol. The number of aromatic nitrogens is 5. The SMILES string of the molecule is COc1ccc(-c2ncc(CNCc3n[nH]c(=O)[nH]3)cn2)cc1. The summed E-state index contributed by atoms with van der Waals surface area (Å²) in [4.78, 5) is 22.2. The second kappa shape index (κ2) is 6.84. The molecule has 0 bridgehead atoms. The van der Waals surface area contributed by atoms with E-state index in [1.165, 1.54) is 0 Å². The Labute approximate surface area is 132 Å². The Morgan fingerprint density at radius 1 is 1.13 bits per heavy atom. The van der Waals surface area contributed by atoms with Crippen LogP contribution in [0.3, 0.4) is 0 Å². The molecule has 3 aromatic rings. The first kappa shape index (κ1) is 14.9. The van der Waals surface area contributed by atoms with Crippen molar-refractivity contribution < 1.29 is 4.74 Å². The molecule has 8 heteroatoms. The first-order valence-corrected chi connectivity index (χ1v) is 7.04. The standard InChI is InChI=1S/C15H16N6O2/c1-23-12-4-2-11(3-5-12)14-17-7-10(8-18-14)6-16-9-13-19-15(22)21-20-13/h2-5,7-8,16H,6,9H2,1H3,(H2,19,20,21,22). The van der Waals surface area contributed by atoms with Crippen LogP contribution in [-0.4, -0.2) is 32.3 Å². The largest absolute Gasteiger partial charge is 0.497 e. The van der Waals surface area contributed by atoms with E-state index >= 15 is 0 Å². The highest BCUT2D eigenvalue weighted by Crippen LogP contribution is 2.18. The van der Waals surface area contributed by atoms with Crippen LogP contribution < -0.4 is 15.7 Å². The van der Waals surface area contributed by atoms with E-state index in [-0.39, 0.29) is 5.69 Å². The number of nitrogens with one attached hydrogen (secondary N) is 3. The van der Waals surface area contributed by atoms with Crippen LogP contribution in [0.1, 0.15) is 11.4 Å². The van der Waals surface area contributed by atoms with Crippen LogP contribution in [0.2, 0.25) is 0 Å². The molecule has 0 amide bonds. The number of benzene rings is 1. The maximum Gasteiger partial charge on any atom is 0.340 e. The Kier molecular flexibility index (Phi) is 4.44. The Balaban J connectivity index is 1.58. The second-order valence-electron chi connectivity index (χ2n) is 4.87. The zero-order valence-electron chi connectivity index (χ0n) is 12.5. The Morgan fingerprint density at radius 3 is 2.48 bits per heavy atom. The number of rotatable bonds is 6. The van der Waals surface area contributed by atoms with E-state index in [9.17, 15) is 4.79 Å². The van der Waals surface area contributed by atoms with Gasteiger partial charge in [-0.2, -0.15) is 5.10 Å². The minimum atomic E-state index is -0.311. The summed E-state index contributed by atoms with van der Waals surface area (Å²) < 4.78 is 5.13. The van der Waals surface area contributed by atoms with Crippen molar-refractivity contribution in [1.82, 2.24) is 30.5 Å². The van der Waals surface area contributed by atoms with E-state index in [1.807, 2.05) is 24.3 Å². The third-order valence-electron chi connectivity index (χ3n) is 3.23. The van der Waals surface area contributed by atoms with Gasteiger partial charge in [-0.05, 0) is 24.3 Å². The molecule has 0 saturated heterocycles. The molecule has 0 aliphatic heterocycles. The molecule has 0 aliphatic carbocycles. The highest BCUT2D eigenvalue weighted by molar-refractivity contribution is 5.55. The van der Waals surface area contributed by atoms with Crippen LogP contribution in [0.15, 0.2) is 41.5 Å². The number of nitrogens with zero attached hydrogens (tertiary/aromatic N) is 3. The summed E-state index contributed by atoms with van der Waals surface area (Å²) in [6.07, 6.45) is 3.54. The van der Waals surface area contributed by atoms with Crippen molar-refractivity contribution in [2.45, 2.75) is 13.1 Å². The van der Waals surface area contributed by atoms with Gasteiger partial charge in [-0.15, -0.1) is 0 Å². The number of aromatic amines is 2. The number of hydrogen-bond acceptors (Lipinski definition) is 6. The molecule has 1 aromatic carbocycles. The van der Waals surface area contributed by atoms with Crippen molar-refractivity contribution in [3.8, 4) is 17.1 Å². The van der Waals surface area contributed by atoms with E-state index in [4.69, 9.17) is 4.74 Å². The van der Waals surface area contributed by atoms with Gasteiger partial charge in [0.15, 0.2) is 5.82 Å². The van der Waals surface area contributed by atoms with E-state index < -0.39 is 0 Å². The summed E-state index contributed by atoms with van der Waals surface area (Å²) in [5.74, 6) is 2.02. The Bertz CT molecular complexity index is 807. The summed E-state index contributed by atoms with van der Waals surface area (Å²) in [6, 6.07) is 7.58. The maximum absolute atomic E-state index is 10.9. The predicted molar refractivity (Wildman–Crippen MR) is 83.8 cm³/mol. The highest BCUT2D eigenvalue weighted by atomic mass is 16.5. The van der Waals surface area contributed by atoms with Crippen LogP contribution >= 0.6 is 0 Å². The summed E-state index contributed by atoms with van der Waals surface area (Å²) in [7, 11) is 1.63. The smallest absolute Gasteiger partial charge is 0.340 e. The molecule has 0 unspecified atom stereocenters. The first-order chi connectivity index (χ1) is 11.2. The second-order valence-corrected chi connectivity index (χ2v) is 4.87. The zero-order chi connectivity index (χ0) is 16.1. The number of hydrogen-bond donors (Lipinski definition) is 3. The van der Waals surface area contributed by atoms with Gasteiger partial charge >= 0.3 is 5.69 Å². The van der Waals surface area contributed by atoms with Crippen molar-refractivity contribution in [1.29, 1.82) is 0 Å². The zero-order valence-corrected chi connectivity index (χ0v) is 12.5. The maximum atomic E-state index is 10.9. The fourth-order valence-corrected chi connectivity index (χ4v) is 2.05. The van der Waals surface area contributed by atoms with Gasteiger partial charge in [0, 0.05) is 30.1 Å². The summed E-state index contributed by atoms with van der Waals surface area (Å²) >= 11 is 0. The van der Waals surface area contributed by atoms with Gasteiger partial charge in [0.25, 0.3) is 0 Å². The monoisotopic (exact) mass is 312 g/mol. The molecule has 2 aromatic heterocycles. The van der Waals surface area contributed by atoms with Crippen LogP contribution in [0.25, 0.3) is 11.4 Å². The lowest BCUT2D eigenvalue weighted by molar-refractivity contribution is 0.415. The summed E-state index contributed by atoms with van der Waals surface area (Å²) in [5.41, 5.74) is 1.56. The third-order valence-corrected chi connectivity index (χ3v) is 3.23. The lowest BCUT2D eigenvalue weighted by atomic mass is 10.2. The average Bonchev–Trinajstić information content (AvgIpc) is 3.01. The molecule has 118 valence electrons. The van der Waals surface area contributed by atoms with E-state index in [0.717, 1.165) is 16.9 Å². The third kappa shape index (κ3) is 3.80. The predicted octanol–water partition coefficient (Wildman–Crippen LogP) is 0.853. The topological polar surface area (TPSA) is 109 Å². The molecule has 0 aliphatic rings. The summed E-state index contributed by atoms with van der Waals surface area (Å²) in [5, 5.41) is 9.29. The normalized spacial score (nSPS) is 10.7. The fraction of sp³-hybridized carbons (Fsp3) is 0.200. The van der Waals surface area contributed by atoms with Gasteiger partial charge in [0.05, 0.1) is 13.7 Å². The highest BCUT2D eigenvalue weighted by Gasteiger charge is 2.03. The van der Waals surface area contributed by atoms with E-state index in [1.54, 1.807) is 19.5 Å². The minimum Gasteiger partial charge on any atom is -0.497 e. The van der Waals surface area contributed by atoms with Gasteiger partial charge in [0.1, 0.15) is 11.6 Å². The van der Waals surface area contributed by atoms with Crippen LogP contribution in [0, 0.1) is 0 Å². The van der Waals surface area contributed by atoms with E-state index in [0.29, 0.717) is 24.7 Å². The van der Waals surface area contributed by atoms with Crippen molar-refractivity contribution >= 4 is 0 Å². The molecule has 0 spiro atoms. The van der Waals surface area contributed by atoms with Gasteiger partial charge in [0.2, 0.25) is 0 Å². The van der Waals surface area contributed by atoms with Crippen molar-refractivity contribution in [2.75, 3.05) is 7.11 Å². The molecular formula is C15H16N6O2. The minimum absolute atomic E-state index is 0.311. The van der Waals surface area contributed by atoms with E-state index in [2.05, 4.69) is 30.5 Å². The van der Waals surface area contributed by atoms with Gasteiger partial charge in [-0.1, -0.05) is 0 Å². The van der Waals surface area contributed by atoms with Gasteiger partial charge < -0.3 is 10.1 Å². The van der Waals surface area contributed by atoms with Crippen molar-refractivity contribution in [3.63, 3.8) is 0 Å². The van der Waals surface area contributed by atoms with Crippen molar-refractivity contribution in [2.24, 2.45) is 0 Å².